The highest BCUT2D eigenvalue weighted by molar-refractivity contribution is 8.15. The summed E-state index contributed by atoms with van der Waals surface area (Å²) in [6.45, 7) is 6.85. The molecular weight excluding hydrogens is 382 g/mol. The molecule has 1 unspecified atom stereocenters. The summed E-state index contributed by atoms with van der Waals surface area (Å²) in [5.41, 5.74) is 1.92. The Bertz CT molecular complexity index is 816. The number of nitrogens with zero attached hydrogens (tertiary/aromatic N) is 2. The van der Waals surface area contributed by atoms with Gasteiger partial charge in [0.05, 0.1) is 19.2 Å². The van der Waals surface area contributed by atoms with Crippen LogP contribution in [-0.2, 0) is 9.59 Å². The molecule has 1 aromatic rings. The van der Waals surface area contributed by atoms with Crippen LogP contribution in [0.3, 0.4) is 0 Å². The summed E-state index contributed by atoms with van der Waals surface area (Å²) < 4.78 is 11.3. The van der Waals surface area contributed by atoms with E-state index in [2.05, 4.69) is 15.5 Å². The first kappa shape index (κ1) is 21.5. The lowest BCUT2D eigenvalue weighted by Gasteiger charge is -2.11. The maximum Gasteiger partial charge on any atom is 0.305 e. The third-order valence-electron chi connectivity index (χ3n) is 3.49. The van der Waals surface area contributed by atoms with E-state index in [0.29, 0.717) is 24.7 Å². The quantitative estimate of drug-likeness (QED) is 0.371. The molecule has 9 heteroatoms. The largest absolute Gasteiger partial charge is 0.490 e. The highest BCUT2D eigenvalue weighted by Crippen LogP contribution is 2.28. The Labute approximate surface area is 167 Å². The van der Waals surface area contributed by atoms with Gasteiger partial charge in [0.2, 0.25) is 5.91 Å². The fourth-order valence-electron chi connectivity index (χ4n) is 2.18. The number of aliphatic carboxylic acids is 1. The highest BCUT2D eigenvalue weighted by atomic mass is 32.2. The number of carboxylic acid groups (broad SMARTS) is 1. The summed E-state index contributed by atoms with van der Waals surface area (Å²) in [6.07, 6.45) is 3.24. The summed E-state index contributed by atoms with van der Waals surface area (Å²) in [7, 11) is 0. The molecule has 28 heavy (non-hydrogen) atoms. The molecule has 1 amide bonds. The molecular formula is C19H23N3O5S. The second-order valence-corrected chi connectivity index (χ2v) is 7.27. The lowest BCUT2D eigenvalue weighted by atomic mass is 10.2. The Morgan fingerprint density at radius 1 is 1.32 bits per heavy atom. The number of benzene rings is 1. The Balaban J connectivity index is 2.05. The van der Waals surface area contributed by atoms with Gasteiger partial charge in [-0.25, -0.2) is 0 Å². The van der Waals surface area contributed by atoms with Gasteiger partial charge in [0, 0.05) is 0 Å². The van der Waals surface area contributed by atoms with Crippen LogP contribution in [0.15, 0.2) is 40.1 Å². The van der Waals surface area contributed by atoms with Crippen molar-refractivity contribution in [2.75, 3.05) is 13.2 Å². The number of carbonyl (C=O) groups excluding carboxylic acids is 1. The smallest absolute Gasteiger partial charge is 0.305 e. The average molecular weight is 405 g/mol. The van der Waals surface area contributed by atoms with Crippen molar-refractivity contribution in [2.24, 2.45) is 10.2 Å². The molecule has 0 aliphatic carbocycles. The van der Waals surface area contributed by atoms with E-state index in [4.69, 9.17) is 14.6 Å². The molecule has 1 heterocycles. The van der Waals surface area contributed by atoms with Crippen LogP contribution < -0.4 is 14.8 Å². The van der Waals surface area contributed by atoms with Crippen LogP contribution in [0.1, 0.15) is 32.8 Å². The van der Waals surface area contributed by atoms with Gasteiger partial charge in [-0.15, -0.1) is 5.10 Å². The molecule has 1 aliphatic rings. The normalized spacial score (nSPS) is 17.6. The first-order chi connectivity index (χ1) is 13.4. The Morgan fingerprint density at radius 2 is 2.11 bits per heavy atom. The third-order valence-corrected chi connectivity index (χ3v) is 4.56. The van der Waals surface area contributed by atoms with Crippen LogP contribution in [0.4, 0.5) is 0 Å². The summed E-state index contributed by atoms with van der Waals surface area (Å²) in [5, 5.41) is 18.8. The van der Waals surface area contributed by atoms with Gasteiger partial charge in [-0.2, -0.15) is 5.10 Å². The molecule has 8 nitrogen and oxygen atoms in total. The predicted molar refractivity (Wildman–Crippen MR) is 109 cm³/mol. The van der Waals surface area contributed by atoms with Gasteiger partial charge in [0.1, 0.15) is 11.9 Å². The molecule has 0 saturated carbocycles. The van der Waals surface area contributed by atoms with Crippen LogP contribution in [0.5, 0.6) is 11.5 Å². The predicted octanol–water partition coefficient (Wildman–Crippen LogP) is 2.83. The Hall–Kier alpha value is -2.81. The fraction of sp³-hybridized carbons (Fsp3) is 0.368. The first-order valence-corrected chi connectivity index (χ1v) is 9.60. The zero-order valence-electron chi connectivity index (χ0n) is 16.0. The molecule has 0 aromatic heterocycles. The zero-order chi connectivity index (χ0) is 20.5. The molecule has 1 atom stereocenters. The molecule has 1 fully saturated rings. The number of amides is 1. The number of ether oxygens (including phenoxy) is 2. The van der Waals surface area contributed by atoms with E-state index >= 15 is 0 Å². The van der Waals surface area contributed by atoms with Crippen LogP contribution in [-0.4, -0.2) is 46.8 Å². The lowest BCUT2D eigenvalue weighted by Crippen LogP contribution is -2.26. The number of carboxylic acids is 1. The maximum atomic E-state index is 11.7. The highest BCUT2D eigenvalue weighted by Gasteiger charge is 2.32. The second kappa shape index (κ2) is 10.5. The summed E-state index contributed by atoms with van der Waals surface area (Å²) in [6, 6.07) is 5.41. The zero-order valence-corrected chi connectivity index (χ0v) is 16.8. The number of amidine groups is 1. The van der Waals surface area contributed by atoms with Gasteiger partial charge in [0.25, 0.3) is 0 Å². The number of hydrogen-bond donors (Lipinski definition) is 2. The Kier molecular flexibility index (Phi) is 8.06. The Morgan fingerprint density at radius 3 is 2.79 bits per heavy atom. The molecule has 1 aromatic carbocycles. The fourth-order valence-corrected chi connectivity index (χ4v) is 3.10. The molecule has 0 radical (unpaired) electrons. The molecule has 2 rings (SSSR count). The minimum absolute atomic E-state index is 0.259. The van der Waals surface area contributed by atoms with Gasteiger partial charge < -0.3 is 19.9 Å². The van der Waals surface area contributed by atoms with E-state index in [1.54, 1.807) is 12.1 Å². The van der Waals surface area contributed by atoms with Crippen molar-refractivity contribution in [1.82, 2.24) is 5.32 Å². The van der Waals surface area contributed by atoms with Crippen molar-refractivity contribution in [3.63, 3.8) is 0 Å². The molecule has 0 spiro atoms. The summed E-state index contributed by atoms with van der Waals surface area (Å²) >= 11 is 1.05. The summed E-state index contributed by atoms with van der Waals surface area (Å²) in [5.74, 6) is -0.171. The van der Waals surface area contributed by atoms with E-state index in [9.17, 15) is 9.59 Å². The van der Waals surface area contributed by atoms with Gasteiger partial charge in [0.15, 0.2) is 16.7 Å². The number of carbonyl (C=O) groups is 2. The van der Waals surface area contributed by atoms with E-state index < -0.39 is 11.2 Å². The van der Waals surface area contributed by atoms with E-state index in [1.165, 1.54) is 11.8 Å². The molecule has 2 N–H and O–H groups in total. The minimum Gasteiger partial charge on any atom is -0.490 e. The van der Waals surface area contributed by atoms with Crippen molar-refractivity contribution in [3.05, 3.63) is 35.4 Å². The monoisotopic (exact) mass is 405 g/mol. The first-order valence-electron chi connectivity index (χ1n) is 8.72. The van der Waals surface area contributed by atoms with Crippen LogP contribution >= 0.6 is 11.8 Å². The van der Waals surface area contributed by atoms with Crippen molar-refractivity contribution >= 4 is 35.0 Å². The van der Waals surface area contributed by atoms with Gasteiger partial charge in [-0.1, -0.05) is 17.3 Å². The molecule has 1 saturated heterocycles. The van der Waals surface area contributed by atoms with E-state index in [0.717, 1.165) is 17.3 Å². The SMILES string of the molecule is CCOc1cc(C=NN=C2NC(=O)C(CC(=O)O)S2)ccc1OCC=C(C)C. The standard InChI is InChI=1S/C19H23N3O5S/c1-4-26-15-9-13(5-6-14(15)27-8-7-12(2)3)11-20-22-19-21-18(25)16(28-19)10-17(23)24/h5-7,9,11,16H,4,8,10H2,1-3H3,(H,23,24)(H,21,22,25). The van der Waals surface area contributed by atoms with Crippen LogP contribution in [0.25, 0.3) is 0 Å². The maximum absolute atomic E-state index is 11.7. The number of thioether (sulfide) groups is 1. The van der Waals surface area contributed by atoms with Crippen molar-refractivity contribution in [3.8, 4) is 11.5 Å². The number of allylic oxidation sites excluding steroid dienone is 1. The van der Waals surface area contributed by atoms with E-state index in [-0.39, 0.29) is 17.5 Å². The number of nitrogens with one attached hydrogen (secondary N) is 1. The van der Waals surface area contributed by atoms with Crippen molar-refractivity contribution < 1.29 is 24.2 Å². The van der Waals surface area contributed by atoms with Gasteiger partial charge in [-0.05, 0) is 50.6 Å². The van der Waals surface area contributed by atoms with Crippen molar-refractivity contribution in [2.45, 2.75) is 32.4 Å². The van der Waals surface area contributed by atoms with Crippen molar-refractivity contribution in [1.29, 1.82) is 0 Å². The topological polar surface area (TPSA) is 110 Å². The second-order valence-electron chi connectivity index (χ2n) is 6.07. The molecule has 1 aliphatic heterocycles. The van der Waals surface area contributed by atoms with Crippen LogP contribution in [0.2, 0.25) is 0 Å². The summed E-state index contributed by atoms with van der Waals surface area (Å²) in [4.78, 5) is 22.4. The molecule has 0 bridgehead atoms. The number of hydrogen-bond acceptors (Lipinski definition) is 7. The van der Waals surface area contributed by atoms with E-state index in [1.807, 2.05) is 32.9 Å². The third kappa shape index (κ3) is 6.73. The van der Waals surface area contributed by atoms with Gasteiger partial charge >= 0.3 is 5.97 Å². The molecule has 150 valence electrons. The average Bonchev–Trinajstić information content (AvgIpc) is 2.95. The van der Waals surface area contributed by atoms with Gasteiger partial charge in [-0.3, -0.25) is 9.59 Å². The van der Waals surface area contributed by atoms with Crippen LogP contribution in [0, 0.1) is 0 Å². The minimum atomic E-state index is -1.03. The number of rotatable bonds is 9. The lowest BCUT2D eigenvalue weighted by molar-refractivity contribution is -0.138.